The average Bonchev–Trinajstić information content (AvgIpc) is 2.38. The molecule has 0 amide bonds. The summed E-state index contributed by atoms with van der Waals surface area (Å²) in [6, 6.07) is 1.90. The van der Waals surface area contributed by atoms with E-state index in [4.69, 9.17) is 0 Å². The van der Waals surface area contributed by atoms with Crippen molar-refractivity contribution in [2.45, 2.75) is 64.0 Å². The summed E-state index contributed by atoms with van der Waals surface area (Å²) in [6.45, 7) is 2.31. The van der Waals surface area contributed by atoms with E-state index in [1.165, 1.54) is 44.9 Å². The van der Waals surface area contributed by atoms with Gasteiger partial charge in [-0.3, -0.25) is 0 Å². The monoisotopic (exact) mass is 181 g/mol. The van der Waals surface area contributed by atoms with Gasteiger partial charge in [0.05, 0.1) is 0 Å². The number of nitrogens with zero attached hydrogens (tertiary/aromatic N) is 1. The molecule has 0 N–H and O–H groups in total. The zero-order valence-corrected chi connectivity index (χ0v) is 9.13. The standard InChI is InChI=1S/C12H23N/c1-3-4-5-10-6-7-11-8-9-12(10)13(11)2/h10-12H,3-9H2,1-2H3/t10-,11-,12-/m1/s1. The van der Waals surface area contributed by atoms with Crippen molar-refractivity contribution in [3.8, 4) is 0 Å². The van der Waals surface area contributed by atoms with Crippen LogP contribution in [-0.4, -0.2) is 24.0 Å². The van der Waals surface area contributed by atoms with E-state index in [1.54, 1.807) is 0 Å². The van der Waals surface area contributed by atoms with Gasteiger partial charge in [0, 0.05) is 12.1 Å². The number of fused-ring (bicyclic) bond motifs is 2. The zero-order valence-electron chi connectivity index (χ0n) is 9.13. The maximum Gasteiger partial charge on any atom is 0.0124 e. The number of piperidine rings is 1. The summed E-state index contributed by atoms with van der Waals surface area (Å²) in [7, 11) is 2.35. The van der Waals surface area contributed by atoms with E-state index in [0.717, 1.165) is 18.0 Å². The second kappa shape index (κ2) is 4.00. The maximum absolute atomic E-state index is 2.67. The Kier molecular flexibility index (Phi) is 2.92. The summed E-state index contributed by atoms with van der Waals surface area (Å²) in [5, 5.41) is 0. The summed E-state index contributed by atoms with van der Waals surface area (Å²) >= 11 is 0. The first kappa shape index (κ1) is 9.51. The molecule has 2 aliphatic rings. The van der Waals surface area contributed by atoms with Gasteiger partial charge in [-0.25, -0.2) is 0 Å². The normalized spacial score (nSPS) is 39.7. The molecule has 13 heavy (non-hydrogen) atoms. The van der Waals surface area contributed by atoms with Crippen LogP contribution in [0.2, 0.25) is 0 Å². The van der Waals surface area contributed by atoms with E-state index in [0.29, 0.717) is 0 Å². The van der Waals surface area contributed by atoms with Crippen LogP contribution in [0.25, 0.3) is 0 Å². The highest BCUT2D eigenvalue weighted by molar-refractivity contribution is 4.94. The first-order chi connectivity index (χ1) is 6.33. The van der Waals surface area contributed by atoms with Crippen LogP contribution in [0.15, 0.2) is 0 Å². The smallest absolute Gasteiger partial charge is 0.0124 e. The summed E-state index contributed by atoms with van der Waals surface area (Å²) in [4.78, 5) is 2.67. The molecule has 2 saturated heterocycles. The van der Waals surface area contributed by atoms with Gasteiger partial charge in [-0.05, 0) is 45.1 Å². The van der Waals surface area contributed by atoms with Gasteiger partial charge < -0.3 is 4.90 Å². The molecule has 0 aromatic heterocycles. The van der Waals surface area contributed by atoms with Gasteiger partial charge in [0.25, 0.3) is 0 Å². The van der Waals surface area contributed by atoms with Gasteiger partial charge in [0.15, 0.2) is 0 Å². The number of hydrogen-bond acceptors (Lipinski definition) is 1. The Hall–Kier alpha value is -0.0400. The van der Waals surface area contributed by atoms with Gasteiger partial charge >= 0.3 is 0 Å². The zero-order chi connectivity index (χ0) is 9.26. The molecule has 0 unspecified atom stereocenters. The first-order valence-corrected chi connectivity index (χ1v) is 6.05. The fourth-order valence-corrected chi connectivity index (χ4v) is 3.36. The molecule has 0 aliphatic carbocycles. The first-order valence-electron chi connectivity index (χ1n) is 6.05. The Bertz CT molecular complexity index is 167. The Labute approximate surface area is 82.5 Å². The fraction of sp³-hybridized carbons (Fsp3) is 1.00. The average molecular weight is 181 g/mol. The molecule has 2 aliphatic heterocycles. The molecule has 2 fully saturated rings. The molecule has 1 heteroatoms. The second-order valence-electron chi connectivity index (χ2n) is 4.94. The number of unbranched alkanes of at least 4 members (excludes halogenated alkanes) is 1. The van der Waals surface area contributed by atoms with Crippen LogP contribution in [0.1, 0.15) is 51.9 Å². The molecular weight excluding hydrogens is 158 g/mol. The van der Waals surface area contributed by atoms with Crippen molar-refractivity contribution in [2.24, 2.45) is 5.92 Å². The summed E-state index contributed by atoms with van der Waals surface area (Å²) in [6.07, 6.45) is 10.2. The van der Waals surface area contributed by atoms with Crippen LogP contribution in [0.3, 0.4) is 0 Å². The van der Waals surface area contributed by atoms with Crippen molar-refractivity contribution in [3.63, 3.8) is 0 Å². The Balaban J connectivity index is 1.90. The lowest BCUT2D eigenvalue weighted by Crippen LogP contribution is -2.41. The van der Waals surface area contributed by atoms with Crippen molar-refractivity contribution in [1.29, 1.82) is 0 Å². The van der Waals surface area contributed by atoms with Crippen LogP contribution >= 0.6 is 0 Å². The van der Waals surface area contributed by atoms with Crippen LogP contribution in [0, 0.1) is 5.92 Å². The highest BCUT2D eigenvalue weighted by atomic mass is 15.2. The quantitative estimate of drug-likeness (QED) is 0.647. The molecule has 0 saturated carbocycles. The Morgan fingerprint density at radius 2 is 1.92 bits per heavy atom. The SMILES string of the molecule is CCCC[C@@H]1CC[C@@H]2CC[C@H]1N2C. The van der Waals surface area contributed by atoms with Gasteiger partial charge in [0.1, 0.15) is 0 Å². The van der Waals surface area contributed by atoms with Crippen molar-refractivity contribution in [1.82, 2.24) is 4.90 Å². The largest absolute Gasteiger partial charge is 0.300 e. The van der Waals surface area contributed by atoms with Gasteiger partial charge in [-0.15, -0.1) is 0 Å². The highest BCUT2D eigenvalue weighted by Gasteiger charge is 2.39. The Morgan fingerprint density at radius 1 is 1.15 bits per heavy atom. The van der Waals surface area contributed by atoms with Crippen molar-refractivity contribution in [2.75, 3.05) is 7.05 Å². The van der Waals surface area contributed by atoms with Crippen molar-refractivity contribution < 1.29 is 0 Å². The van der Waals surface area contributed by atoms with E-state index in [2.05, 4.69) is 18.9 Å². The van der Waals surface area contributed by atoms with Gasteiger partial charge in [0.2, 0.25) is 0 Å². The summed E-state index contributed by atoms with van der Waals surface area (Å²) < 4.78 is 0. The van der Waals surface area contributed by atoms with Crippen molar-refractivity contribution in [3.05, 3.63) is 0 Å². The van der Waals surface area contributed by atoms with E-state index in [1.807, 2.05) is 0 Å². The third-order valence-electron chi connectivity index (χ3n) is 4.24. The minimum absolute atomic E-state index is 0.947. The summed E-state index contributed by atoms with van der Waals surface area (Å²) in [5.74, 6) is 1.03. The number of rotatable bonds is 3. The molecule has 76 valence electrons. The van der Waals surface area contributed by atoms with Gasteiger partial charge in [-0.1, -0.05) is 19.8 Å². The van der Waals surface area contributed by atoms with Crippen molar-refractivity contribution >= 4 is 0 Å². The van der Waals surface area contributed by atoms with Crippen LogP contribution < -0.4 is 0 Å². The predicted octanol–water partition coefficient (Wildman–Crippen LogP) is 3.05. The molecular formula is C12H23N. The lowest BCUT2D eigenvalue weighted by molar-refractivity contribution is 0.114. The van der Waals surface area contributed by atoms with Crippen LogP contribution in [0.5, 0.6) is 0 Å². The molecule has 2 rings (SSSR count). The molecule has 3 atom stereocenters. The van der Waals surface area contributed by atoms with Crippen LogP contribution in [0.4, 0.5) is 0 Å². The van der Waals surface area contributed by atoms with E-state index in [-0.39, 0.29) is 0 Å². The Morgan fingerprint density at radius 3 is 2.69 bits per heavy atom. The molecule has 0 radical (unpaired) electrons. The van der Waals surface area contributed by atoms with E-state index < -0.39 is 0 Å². The molecule has 1 nitrogen and oxygen atoms in total. The molecule has 0 aromatic carbocycles. The van der Waals surface area contributed by atoms with Gasteiger partial charge in [-0.2, -0.15) is 0 Å². The van der Waals surface area contributed by atoms with Crippen LogP contribution in [-0.2, 0) is 0 Å². The molecule has 0 spiro atoms. The third-order valence-corrected chi connectivity index (χ3v) is 4.24. The predicted molar refractivity (Wildman–Crippen MR) is 56.8 cm³/mol. The minimum Gasteiger partial charge on any atom is -0.300 e. The number of hydrogen-bond donors (Lipinski definition) is 0. The molecule has 0 aromatic rings. The van der Waals surface area contributed by atoms with E-state index >= 15 is 0 Å². The van der Waals surface area contributed by atoms with E-state index in [9.17, 15) is 0 Å². The lowest BCUT2D eigenvalue weighted by atomic mass is 9.86. The maximum atomic E-state index is 2.67. The minimum atomic E-state index is 0.947. The molecule has 2 heterocycles. The highest BCUT2D eigenvalue weighted by Crippen LogP contribution is 2.39. The topological polar surface area (TPSA) is 3.24 Å². The lowest BCUT2D eigenvalue weighted by Gasteiger charge is -2.37. The summed E-state index contributed by atoms with van der Waals surface area (Å²) in [5.41, 5.74) is 0. The second-order valence-corrected chi connectivity index (χ2v) is 4.94. The molecule has 2 bridgehead atoms. The third kappa shape index (κ3) is 1.76. The fourth-order valence-electron chi connectivity index (χ4n) is 3.36.